The van der Waals surface area contributed by atoms with E-state index in [0.29, 0.717) is 0 Å². The van der Waals surface area contributed by atoms with Crippen molar-refractivity contribution in [2.45, 2.75) is 13.5 Å². The molecule has 0 saturated heterocycles. The van der Waals surface area contributed by atoms with Crippen molar-refractivity contribution in [2.75, 3.05) is 17.7 Å². The van der Waals surface area contributed by atoms with Crippen molar-refractivity contribution in [1.82, 2.24) is 0 Å². The fourth-order valence-electron chi connectivity index (χ4n) is 1.99. The summed E-state index contributed by atoms with van der Waals surface area (Å²) in [5, 5.41) is 0. The minimum atomic E-state index is 0.824. The first-order valence-electron chi connectivity index (χ1n) is 5.88. The second kappa shape index (κ2) is 5.44. The number of rotatable bonds is 3. The SMILES string of the molecule is Cc1ccc(N(C)Cc2ccccc2Br)c(N)c1. The van der Waals surface area contributed by atoms with E-state index in [1.165, 1.54) is 11.1 Å². The molecule has 0 amide bonds. The summed E-state index contributed by atoms with van der Waals surface area (Å²) < 4.78 is 1.13. The summed E-state index contributed by atoms with van der Waals surface area (Å²) >= 11 is 3.57. The highest BCUT2D eigenvalue weighted by atomic mass is 79.9. The number of benzene rings is 2. The molecule has 94 valence electrons. The van der Waals surface area contributed by atoms with Gasteiger partial charge in [-0.3, -0.25) is 0 Å². The zero-order chi connectivity index (χ0) is 13.1. The highest BCUT2D eigenvalue weighted by Gasteiger charge is 2.07. The van der Waals surface area contributed by atoms with Gasteiger partial charge in [-0.2, -0.15) is 0 Å². The Balaban J connectivity index is 2.22. The first-order valence-corrected chi connectivity index (χ1v) is 6.68. The van der Waals surface area contributed by atoms with Crippen LogP contribution in [0.25, 0.3) is 0 Å². The van der Waals surface area contributed by atoms with Crippen LogP contribution in [0, 0.1) is 6.92 Å². The Morgan fingerprint density at radius 2 is 1.89 bits per heavy atom. The maximum absolute atomic E-state index is 6.06. The quantitative estimate of drug-likeness (QED) is 0.869. The van der Waals surface area contributed by atoms with E-state index in [9.17, 15) is 0 Å². The number of hydrogen-bond donors (Lipinski definition) is 1. The molecule has 0 heterocycles. The Hall–Kier alpha value is -1.48. The lowest BCUT2D eigenvalue weighted by atomic mass is 10.1. The Morgan fingerprint density at radius 1 is 1.17 bits per heavy atom. The molecule has 0 aliphatic rings. The van der Waals surface area contributed by atoms with Crippen molar-refractivity contribution >= 4 is 27.3 Å². The molecule has 0 unspecified atom stereocenters. The van der Waals surface area contributed by atoms with E-state index in [4.69, 9.17) is 5.73 Å². The number of anilines is 2. The number of halogens is 1. The van der Waals surface area contributed by atoms with Crippen LogP contribution in [0.1, 0.15) is 11.1 Å². The van der Waals surface area contributed by atoms with Gasteiger partial charge in [0, 0.05) is 18.1 Å². The van der Waals surface area contributed by atoms with Crippen LogP contribution in [0.2, 0.25) is 0 Å². The summed E-state index contributed by atoms with van der Waals surface area (Å²) in [6.07, 6.45) is 0. The fraction of sp³-hybridized carbons (Fsp3) is 0.200. The van der Waals surface area contributed by atoms with Gasteiger partial charge < -0.3 is 10.6 Å². The van der Waals surface area contributed by atoms with Crippen molar-refractivity contribution < 1.29 is 0 Å². The lowest BCUT2D eigenvalue weighted by Crippen LogP contribution is -2.18. The molecule has 2 nitrogen and oxygen atoms in total. The molecule has 2 aromatic rings. The van der Waals surface area contributed by atoms with Gasteiger partial charge in [0.2, 0.25) is 0 Å². The first-order chi connectivity index (χ1) is 8.58. The highest BCUT2D eigenvalue weighted by Crippen LogP contribution is 2.26. The van der Waals surface area contributed by atoms with Gasteiger partial charge in [0.05, 0.1) is 11.4 Å². The molecule has 0 aromatic heterocycles. The molecule has 2 rings (SSSR count). The maximum Gasteiger partial charge on any atom is 0.0600 e. The normalized spacial score (nSPS) is 10.4. The third-order valence-corrected chi connectivity index (χ3v) is 3.73. The molecule has 0 atom stereocenters. The predicted octanol–water partition coefficient (Wildman–Crippen LogP) is 3.98. The van der Waals surface area contributed by atoms with Crippen molar-refractivity contribution in [3.63, 3.8) is 0 Å². The Bertz CT molecular complexity index is 552. The van der Waals surface area contributed by atoms with Crippen molar-refractivity contribution in [1.29, 1.82) is 0 Å². The average molecular weight is 305 g/mol. The molecule has 0 radical (unpaired) electrons. The number of nitrogens with two attached hydrogens (primary N) is 1. The molecule has 0 saturated carbocycles. The van der Waals surface area contributed by atoms with Crippen LogP contribution < -0.4 is 10.6 Å². The summed E-state index contributed by atoms with van der Waals surface area (Å²) in [5.41, 5.74) is 10.4. The van der Waals surface area contributed by atoms with Gasteiger partial charge in [0.1, 0.15) is 0 Å². The van der Waals surface area contributed by atoms with Gasteiger partial charge in [-0.25, -0.2) is 0 Å². The molecule has 0 spiro atoms. The van der Waals surface area contributed by atoms with Crippen molar-refractivity contribution in [3.05, 3.63) is 58.1 Å². The van der Waals surface area contributed by atoms with Crippen molar-refractivity contribution in [2.24, 2.45) is 0 Å². The van der Waals surface area contributed by atoms with Crippen molar-refractivity contribution in [3.8, 4) is 0 Å². The standard InChI is InChI=1S/C15H17BrN2/c1-11-7-8-15(14(17)9-11)18(2)10-12-5-3-4-6-13(12)16/h3-9H,10,17H2,1-2H3. The molecule has 0 aliphatic heterocycles. The smallest absolute Gasteiger partial charge is 0.0600 e. The summed E-state index contributed by atoms with van der Waals surface area (Å²) in [7, 11) is 2.06. The van der Waals surface area contributed by atoms with E-state index in [1.807, 2.05) is 25.1 Å². The van der Waals surface area contributed by atoms with E-state index in [2.05, 4.69) is 52.1 Å². The lowest BCUT2D eigenvalue weighted by Gasteiger charge is -2.22. The molecule has 0 bridgehead atoms. The maximum atomic E-state index is 6.06. The summed E-state index contributed by atoms with van der Waals surface area (Å²) in [6.45, 7) is 2.88. The third-order valence-electron chi connectivity index (χ3n) is 2.96. The minimum absolute atomic E-state index is 0.824. The molecule has 0 fully saturated rings. The molecule has 0 aliphatic carbocycles. The minimum Gasteiger partial charge on any atom is -0.397 e. The van der Waals surface area contributed by atoms with E-state index in [-0.39, 0.29) is 0 Å². The summed E-state index contributed by atoms with van der Waals surface area (Å²) in [4.78, 5) is 2.16. The van der Waals surface area contributed by atoms with Crippen LogP contribution >= 0.6 is 15.9 Å². The van der Waals surface area contributed by atoms with Gasteiger partial charge in [-0.1, -0.05) is 40.2 Å². The number of nitrogen functional groups attached to an aromatic ring is 1. The van der Waals surface area contributed by atoms with Crippen LogP contribution in [-0.2, 0) is 6.54 Å². The second-order valence-electron chi connectivity index (χ2n) is 4.51. The Kier molecular flexibility index (Phi) is 3.92. The largest absolute Gasteiger partial charge is 0.397 e. The zero-order valence-electron chi connectivity index (χ0n) is 10.7. The second-order valence-corrected chi connectivity index (χ2v) is 5.36. The van der Waals surface area contributed by atoms with Gasteiger partial charge in [-0.05, 0) is 36.2 Å². The zero-order valence-corrected chi connectivity index (χ0v) is 12.2. The van der Waals surface area contributed by atoms with E-state index in [0.717, 1.165) is 22.4 Å². The number of hydrogen-bond acceptors (Lipinski definition) is 2. The van der Waals surface area contributed by atoms with Gasteiger partial charge in [0.25, 0.3) is 0 Å². The van der Waals surface area contributed by atoms with Gasteiger partial charge in [-0.15, -0.1) is 0 Å². The molecule has 2 N–H and O–H groups in total. The van der Waals surface area contributed by atoms with E-state index < -0.39 is 0 Å². The molecular formula is C15H17BrN2. The van der Waals surface area contributed by atoms with Crippen LogP contribution in [-0.4, -0.2) is 7.05 Å². The number of aryl methyl sites for hydroxylation is 1. The number of nitrogens with zero attached hydrogens (tertiary/aromatic N) is 1. The third kappa shape index (κ3) is 2.85. The van der Waals surface area contributed by atoms with Gasteiger partial charge >= 0.3 is 0 Å². The van der Waals surface area contributed by atoms with E-state index in [1.54, 1.807) is 0 Å². The Labute approximate surface area is 117 Å². The van der Waals surface area contributed by atoms with Crippen LogP contribution in [0.3, 0.4) is 0 Å². The summed E-state index contributed by atoms with van der Waals surface area (Å²) in [5.74, 6) is 0. The Morgan fingerprint density at radius 3 is 2.56 bits per heavy atom. The fourth-order valence-corrected chi connectivity index (χ4v) is 2.40. The van der Waals surface area contributed by atoms with E-state index >= 15 is 0 Å². The average Bonchev–Trinajstić information content (AvgIpc) is 2.32. The topological polar surface area (TPSA) is 29.3 Å². The summed E-state index contributed by atoms with van der Waals surface area (Å²) in [6, 6.07) is 14.4. The van der Waals surface area contributed by atoms with Crippen LogP contribution in [0.4, 0.5) is 11.4 Å². The molecular weight excluding hydrogens is 288 g/mol. The van der Waals surface area contributed by atoms with Crippen LogP contribution in [0.15, 0.2) is 46.9 Å². The van der Waals surface area contributed by atoms with Crippen LogP contribution in [0.5, 0.6) is 0 Å². The highest BCUT2D eigenvalue weighted by molar-refractivity contribution is 9.10. The lowest BCUT2D eigenvalue weighted by molar-refractivity contribution is 0.920. The van der Waals surface area contributed by atoms with Gasteiger partial charge in [0.15, 0.2) is 0 Å². The molecule has 18 heavy (non-hydrogen) atoms. The predicted molar refractivity (Wildman–Crippen MR) is 81.8 cm³/mol. The first kappa shape index (κ1) is 13.0. The molecule has 2 aromatic carbocycles. The monoisotopic (exact) mass is 304 g/mol. The molecule has 3 heteroatoms.